The van der Waals surface area contributed by atoms with Crippen molar-refractivity contribution >= 4 is 15.9 Å². The quantitative estimate of drug-likeness (QED) is 0.695. The zero-order chi connectivity index (χ0) is 19.9. The van der Waals surface area contributed by atoms with Gasteiger partial charge in [0.2, 0.25) is 15.9 Å². The number of nitrogens with one attached hydrogen (secondary N) is 1. The van der Waals surface area contributed by atoms with Gasteiger partial charge in [-0.25, -0.2) is 13.1 Å². The molecule has 1 aromatic rings. The summed E-state index contributed by atoms with van der Waals surface area (Å²) in [6.07, 6.45) is 5.13. The van der Waals surface area contributed by atoms with Crippen molar-refractivity contribution < 1.29 is 13.2 Å². The van der Waals surface area contributed by atoms with Gasteiger partial charge in [0, 0.05) is 25.7 Å². The molecule has 27 heavy (non-hydrogen) atoms. The van der Waals surface area contributed by atoms with E-state index in [2.05, 4.69) is 47.7 Å². The van der Waals surface area contributed by atoms with Gasteiger partial charge in [0.1, 0.15) is 0 Å². The third-order valence-corrected chi connectivity index (χ3v) is 5.70. The highest BCUT2D eigenvalue weighted by Crippen LogP contribution is 2.17. The lowest BCUT2D eigenvalue weighted by Gasteiger charge is -2.36. The molecule has 0 saturated carbocycles. The van der Waals surface area contributed by atoms with Gasteiger partial charge in [-0.05, 0) is 38.3 Å². The lowest BCUT2D eigenvalue weighted by molar-refractivity contribution is -0.134. The van der Waals surface area contributed by atoms with Gasteiger partial charge < -0.3 is 4.90 Å². The smallest absolute Gasteiger partial charge is 0.237 e. The Labute approximate surface area is 164 Å². The number of rotatable bonds is 9. The van der Waals surface area contributed by atoms with E-state index >= 15 is 0 Å². The topological polar surface area (TPSA) is 69.7 Å². The first kappa shape index (κ1) is 21.9. The number of sulfonamides is 1. The molecule has 0 spiro atoms. The standard InChI is InChI=1S/C20H33N3O3S/c1-4-12-23(15-18-10-8-17(2)9-11-18)20(24)16-22-13-6-5-7-19(22)14-21-27(3,25)26/h8-11,19,21H,4-7,12-16H2,1-3H3. The average molecular weight is 396 g/mol. The third-order valence-electron chi connectivity index (χ3n) is 5.01. The van der Waals surface area contributed by atoms with Crippen LogP contribution in [0.1, 0.15) is 43.7 Å². The summed E-state index contributed by atoms with van der Waals surface area (Å²) in [7, 11) is -3.22. The van der Waals surface area contributed by atoms with E-state index in [-0.39, 0.29) is 11.9 Å². The van der Waals surface area contributed by atoms with Crippen LogP contribution in [0.2, 0.25) is 0 Å². The summed E-state index contributed by atoms with van der Waals surface area (Å²) in [5.74, 6) is 0.115. The largest absolute Gasteiger partial charge is 0.337 e. The maximum Gasteiger partial charge on any atom is 0.237 e. The number of carbonyl (C=O) groups excluding carboxylic acids is 1. The van der Waals surface area contributed by atoms with Crippen molar-refractivity contribution in [2.24, 2.45) is 0 Å². The van der Waals surface area contributed by atoms with Gasteiger partial charge in [0.25, 0.3) is 0 Å². The highest BCUT2D eigenvalue weighted by Gasteiger charge is 2.26. The summed E-state index contributed by atoms with van der Waals surface area (Å²) in [5.41, 5.74) is 2.35. The molecular formula is C20H33N3O3S. The Morgan fingerprint density at radius 1 is 1.26 bits per heavy atom. The van der Waals surface area contributed by atoms with Crippen molar-refractivity contribution in [3.05, 3.63) is 35.4 Å². The fourth-order valence-electron chi connectivity index (χ4n) is 3.50. The van der Waals surface area contributed by atoms with E-state index in [0.29, 0.717) is 19.6 Å². The minimum absolute atomic E-state index is 0.0836. The number of piperidine rings is 1. The second-order valence-corrected chi connectivity index (χ2v) is 9.37. The van der Waals surface area contributed by atoms with Crippen molar-refractivity contribution in [1.82, 2.24) is 14.5 Å². The van der Waals surface area contributed by atoms with E-state index in [1.807, 2.05) is 4.90 Å². The van der Waals surface area contributed by atoms with Crippen molar-refractivity contribution in [2.75, 3.05) is 32.4 Å². The Bertz CT molecular complexity index is 704. The van der Waals surface area contributed by atoms with Crippen LogP contribution < -0.4 is 4.72 Å². The van der Waals surface area contributed by atoms with Gasteiger partial charge in [-0.1, -0.05) is 43.2 Å². The van der Waals surface area contributed by atoms with Crippen LogP contribution in [0.5, 0.6) is 0 Å². The van der Waals surface area contributed by atoms with Crippen LogP contribution in [0.4, 0.5) is 0 Å². The average Bonchev–Trinajstić information content (AvgIpc) is 2.61. The monoisotopic (exact) mass is 395 g/mol. The Hall–Kier alpha value is -1.44. The first-order valence-electron chi connectivity index (χ1n) is 9.80. The van der Waals surface area contributed by atoms with Crippen molar-refractivity contribution in [2.45, 2.75) is 52.1 Å². The SMILES string of the molecule is CCCN(Cc1ccc(C)cc1)C(=O)CN1CCCCC1CNS(C)(=O)=O. The molecule has 1 N–H and O–H groups in total. The van der Waals surface area contributed by atoms with E-state index in [1.54, 1.807) is 0 Å². The highest BCUT2D eigenvalue weighted by atomic mass is 32.2. The fourth-order valence-corrected chi connectivity index (χ4v) is 3.99. The van der Waals surface area contributed by atoms with Crippen LogP contribution in [0.15, 0.2) is 24.3 Å². The number of aryl methyl sites for hydroxylation is 1. The predicted molar refractivity (Wildman–Crippen MR) is 109 cm³/mol. The van der Waals surface area contributed by atoms with E-state index in [4.69, 9.17) is 0 Å². The lowest BCUT2D eigenvalue weighted by atomic mass is 10.0. The molecule has 7 heteroatoms. The van der Waals surface area contributed by atoms with E-state index in [0.717, 1.165) is 44.3 Å². The second-order valence-electron chi connectivity index (χ2n) is 7.54. The molecule has 1 unspecified atom stereocenters. The molecule has 1 aliphatic rings. The van der Waals surface area contributed by atoms with Gasteiger partial charge in [-0.15, -0.1) is 0 Å². The van der Waals surface area contributed by atoms with Crippen LogP contribution >= 0.6 is 0 Å². The molecule has 1 aliphatic heterocycles. The summed E-state index contributed by atoms with van der Waals surface area (Å²) in [4.78, 5) is 17.0. The molecule has 0 aliphatic carbocycles. The molecule has 1 aromatic carbocycles. The Morgan fingerprint density at radius 2 is 1.96 bits per heavy atom. The van der Waals surface area contributed by atoms with Gasteiger partial charge in [-0.3, -0.25) is 9.69 Å². The van der Waals surface area contributed by atoms with E-state index in [9.17, 15) is 13.2 Å². The zero-order valence-corrected chi connectivity index (χ0v) is 17.6. The van der Waals surface area contributed by atoms with Crippen LogP contribution in [-0.2, 0) is 21.4 Å². The molecule has 1 saturated heterocycles. The Morgan fingerprint density at radius 3 is 2.59 bits per heavy atom. The number of amides is 1. The van der Waals surface area contributed by atoms with Gasteiger partial charge in [0.05, 0.1) is 12.8 Å². The maximum atomic E-state index is 13.0. The fraction of sp³-hybridized carbons (Fsp3) is 0.650. The van der Waals surface area contributed by atoms with Crippen LogP contribution in [-0.4, -0.2) is 62.6 Å². The number of hydrogen-bond acceptors (Lipinski definition) is 4. The first-order valence-corrected chi connectivity index (χ1v) is 11.7. The molecule has 1 heterocycles. The molecule has 1 atom stereocenters. The highest BCUT2D eigenvalue weighted by molar-refractivity contribution is 7.88. The number of carbonyl (C=O) groups is 1. The minimum atomic E-state index is -3.22. The van der Waals surface area contributed by atoms with Crippen molar-refractivity contribution in [1.29, 1.82) is 0 Å². The second kappa shape index (κ2) is 10.2. The van der Waals surface area contributed by atoms with E-state index in [1.165, 1.54) is 11.8 Å². The van der Waals surface area contributed by atoms with Crippen molar-refractivity contribution in [3.63, 3.8) is 0 Å². The molecule has 0 bridgehead atoms. The summed E-state index contributed by atoms with van der Waals surface area (Å²) in [6, 6.07) is 8.37. The number of benzene rings is 1. The van der Waals surface area contributed by atoms with Gasteiger partial charge >= 0.3 is 0 Å². The van der Waals surface area contributed by atoms with E-state index < -0.39 is 10.0 Å². The maximum absolute atomic E-state index is 13.0. The minimum Gasteiger partial charge on any atom is -0.337 e. The number of nitrogens with zero attached hydrogens (tertiary/aromatic N) is 2. The molecule has 6 nitrogen and oxygen atoms in total. The molecule has 152 valence electrons. The molecular weight excluding hydrogens is 362 g/mol. The molecule has 0 radical (unpaired) electrons. The van der Waals surface area contributed by atoms with Crippen LogP contribution in [0.25, 0.3) is 0 Å². The summed E-state index contributed by atoms with van der Waals surface area (Å²) >= 11 is 0. The molecule has 0 aromatic heterocycles. The summed E-state index contributed by atoms with van der Waals surface area (Å²) in [5, 5.41) is 0. The number of likely N-dealkylation sites (tertiary alicyclic amines) is 1. The summed E-state index contributed by atoms with van der Waals surface area (Å²) < 4.78 is 25.4. The number of hydrogen-bond donors (Lipinski definition) is 1. The first-order chi connectivity index (χ1) is 12.8. The third kappa shape index (κ3) is 7.60. The lowest BCUT2D eigenvalue weighted by Crippen LogP contribution is -2.50. The normalized spacial score (nSPS) is 18.4. The van der Waals surface area contributed by atoms with Crippen LogP contribution in [0, 0.1) is 6.92 Å². The predicted octanol–water partition coefficient (Wildman–Crippen LogP) is 2.14. The van der Waals surface area contributed by atoms with Crippen LogP contribution in [0.3, 0.4) is 0 Å². The van der Waals surface area contributed by atoms with Gasteiger partial charge in [-0.2, -0.15) is 0 Å². The zero-order valence-electron chi connectivity index (χ0n) is 16.8. The molecule has 2 rings (SSSR count). The Kier molecular flexibility index (Phi) is 8.26. The molecule has 1 fully saturated rings. The van der Waals surface area contributed by atoms with Crippen molar-refractivity contribution in [3.8, 4) is 0 Å². The molecule has 1 amide bonds. The van der Waals surface area contributed by atoms with Gasteiger partial charge in [0.15, 0.2) is 0 Å². The summed E-state index contributed by atoms with van der Waals surface area (Å²) in [6.45, 7) is 7.04. The Balaban J connectivity index is 1.99.